The molecule has 0 radical (unpaired) electrons. The van der Waals surface area contributed by atoms with Gasteiger partial charge in [0.2, 0.25) is 0 Å². The maximum Gasteiger partial charge on any atom is 0 e. The van der Waals surface area contributed by atoms with Gasteiger partial charge in [0.05, 0.1) is 0 Å². The van der Waals surface area contributed by atoms with Crippen molar-refractivity contribution in [2.24, 2.45) is 0 Å². The first-order valence-electron chi connectivity index (χ1n) is 2.09. The molecule has 64 valence electrons. The van der Waals surface area contributed by atoms with Crippen LogP contribution in [0, 0.1) is 0 Å². The third-order valence-corrected chi connectivity index (χ3v) is 4.14. The third-order valence-electron chi connectivity index (χ3n) is 0.853. The monoisotopic (exact) mass is 232 g/mol. The fourth-order valence-corrected chi connectivity index (χ4v) is 3.60. The van der Waals surface area contributed by atoms with Gasteiger partial charge in [-0.1, -0.05) is 0 Å². The molecule has 2 rings (SSSR count). The molecule has 6 nitrogen and oxygen atoms in total. The van der Waals surface area contributed by atoms with Crippen LogP contribution >= 0.6 is 7.94 Å². The minimum atomic E-state index is -3.88. The molecule has 0 aromatic carbocycles. The van der Waals surface area contributed by atoms with Crippen LogP contribution < -0.4 is 0 Å². The van der Waals surface area contributed by atoms with Crippen LogP contribution in [0.1, 0.15) is 0 Å². The van der Waals surface area contributed by atoms with Crippen molar-refractivity contribution in [3.8, 4) is 0 Å². The Bertz CT molecular complexity index is 230. The Morgan fingerprint density at radius 1 is 1.40 bits per heavy atom. The summed E-state index contributed by atoms with van der Waals surface area (Å²) in [6, 6.07) is 0. The molecule has 9 heteroatoms. The van der Waals surface area contributed by atoms with Crippen LogP contribution in [0.4, 0.5) is 0 Å². The standard InChI is InChI=1S/CH3O6PS.Ni/c2-9(3)6-5-8(7-9)1-4-8;/h8H,1H2;. The number of rotatable bonds is 0. The maximum atomic E-state index is 10.3. The summed E-state index contributed by atoms with van der Waals surface area (Å²) >= 11 is 0. The average molecular weight is 233 g/mol. The first kappa shape index (κ1) is 8.81. The molecule has 0 aliphatic carbocycles. The molecule has 0 bridgehead atoms. The van der Waals surface area contributed by atoms with Crippen molar-refractivity contribution in [2.45, 2.75) is 0 Å². The molecule has 0 amide bonds. The first-order valence-corrected chi connectivity index (χ1v) is 5.35. The maximum absolute atomic E-state index is 10.3. The van der Waals surface area contributed by atoms with E-state index in [-0.39, 0.29) is 22.8 Å². The summed E-state index contributed by atoms with van der Waals surface area (Å²) in [5.41, 5.74) is 0. The van der Waals surface area contributed by atoms with E-state index in [0.717, 1.165) is 0 Å². The van der Waals surface area contributed by atoms with Crippen molar-refractivity contribution in [1.29, 1.82) is 0 Å². The normalized spacial score (nSPS) is 34.8. The molecule has 0 atom stereocenters. The molecule has 10 heavy (non-hydrogen) atoms. The molecule has 0 saturated carbocycles. The molecule has 2 saturated heterocycles. The molecule has 0 N–H and O–H groups in total. The minimum Gasteiger partial charge on any atom is 0 e. The van der Waals surface area contributed by atoms with Gasteiger partial charge in [0.15, 0.2) is 0 Å². The van der Waals surface area contributed by atoms with Crippen molar-refractivity contribution >= 4 is 18.3 Å². The quantitative estimate of drug-likeness (QED) is 0.247. The van der Waals surface area contributed by atoms with E-state index in [1.54, 1.807) is 0 Å². The van der Waals surface area contributed by atoms with Gasteiger partial charge >= 0.3 is 50.6 Å². The molecule has 2 fully saturated rings. The van der Waals surface area contributed by atoms with Crippen molar-refractivity contribution < 1.29 is 42.4 Å². The Kier molecular flexibility index (Phi) is 2.07. The van der Waals surface area contributed by atoms with E-state index in [1.165, 1.54) is 0 Å². The predicted molar refractivity (Wildman–Crippen MR) is 26.4 cm³/mol. The van der Waals surface area contributed by atoms with Gasteiger partial charge in [-0.3, -0.25) is 0 Å². The zero-order chi connectivity index (χ0) is 6.54. The molecule has 1 spiro atoms. The van der Waals surface area contributed by atoms with E-state index in [4.69, 9.17) is 0 Å². The van der Waals surface area contributed by atoms with Crippen molar-refractivity contribution in [3.05, 3.63) is 0 Å². The fraction of sp³-hybridized carbons (Fsp3) is 1.00. The Balaban J connectivity index is 0.000000500. The summed E-state index contributed by atoms with van der Waals surface area (Å²) in [4.78, 5) is 0. The Morgan fingerprint density at radius 3 is 2.20 bits per heavy atom. The predicted octanol–water partition coefficient (Wildman–Crippen LogP) is -0.310. The molecule has 0 unspecified atom stereocenters. The second kappa shape index (κ2) is 2.35. The van der Waals surface area contributed by atoms with Crippen molar-refractivity contribution in [2.75, 3.05) is 6.35 Å². The summed E-state index contributed by atoms with van der Waals surface area (Å²) < 4.78 is 37.5. The molecule has 2 aliphatic heterocycles. The summed E-state index contributed by atoms with van der Waals surface area (Å²) in [7, 11) is -6.61. The topological polar surface area (TPSA) is 74.4 Å². The SMILES string of the molecule is O=S1(=O)OO[PH]2(CO2)O1.[Ni]. The minimum absolute atomic E-state index is 0. The van der Waals surface area contributed by atoms with Crippen molar-refractivity contribution in [3.63, 3.8) is 0 Å². The second-order valence-electron chi connectivity index (χ2n) is 1.61. The summed E-state index contributed by atoms with van der Waals surface area (Å²) in [6.45, 7) is 0. The van der Waals surface area contributed by atoms with Crippen LogP contribution in [0.25, 0.3) is 0 Å². The van der Waals surface area contributed by atoms with Gasteiger partial charge < -0.3 is 0 Å². The van der Waals surface area contributed by atoms with Crippen molar-refractivity contribution in [1.82, 2.24) is 0 Å². The summed E-state index contributed by atoms with van der Waals surface area (Å²) in [5, 5.41) is 0. The molecular formula is CH3NiO6PS. The van der Waals surface area contributed by atoms with Gasteiger partial charge in [-0.2, -0.15) is 0 Å². The van der Waals surface area contributed by atoms with Crippen LogP contribution in [-0.4, -0.2) is 14.8 Å². The van der Waals surface area contributed by atoms with Gasteiger partial charge in [0, 0.05) is 16.5 Å². The average Bonchev–Trinajstić information content (AvgIpc) is 2.36. The summed E-state index contributed by atoms with van der Waals surface area (Å²) in [5.74, 6) is 0. The fourth-order valence-electron chi connectivity index (χ4n) is 0.432. The molecule has 2 aliphatic rings. The van der Waals surface area contributed by atoms with E-state index in [2.05, 4.69) is 17.5 Å². The molecule has 0 aromatic heterocycles. The second-order valence-corrected chi connectivity index (χ2v) is 5.34. The third kappa shape index (κ3) is 1.48. The van der Waals surface area contributed by atoms with Gasteiger partial charge in [0.1, 0.15) is 0 Å². The van der Waals surface area contributed by atoms with E-state index < -0.39 is 18.3 Å². The first-order chi connectivity index (χ1) is 4.12. The Morgan fingerprint density at radius 2 is 2.00 bits per heavy atom. The zero-order valence-corrected chi connectivity index (χ0v) is 7.19. The van der Waals surface area contributed by atoms with Crippen LogP contribution in [0.15, 0.2) is 0 Å². The van der Waals surface area contributed by atoms with Crippen LogP contribution in [0.5, 0.6) is 0 Å². The van der Waals surface area contributed by atoms with Crippen LogP contribution in [0.2, 0.25) is 0 Å². The Hall–Kier alpha value is 0.714. The largest absolute Gasteiger partial charge is 0 e. The molecule has 0 aromatic rings. The number of hydrogen-bond acceptors (Lipinski definition) is 6. The zero-order valence-electron chi connectivity index (χ0n) is 4.38. The number of hydrogen-bond donors (Lipinski definition) is 0. The van der Waals surface area contributed by atoms with Gasteiger partial charge in [-0.05, 0) is 0 Å². The summed E-state index contributed by atoms with van der Waals surface area (Å²) in [6.07, 6.45) is 0.228. The molecular weight excluding hydrogens is 230 g/mol. The van der Waals surface area contributed by atoms with Gasteiger partial charge in [-0.15, -0.1) is 0 Å². The van der Waals surface area contributed by atoms with E-state index >= 15 is 0 Å². The van der Waals surface area contributed by atoms with E-state index in [0.29, 0.717) is 0 Å². The molecule has 2 heterocycles. The van der Waals surface area contributed by atoms with Gasteiger partial charge in [0.25, 0.3) is 0 Å². The van der Waals surface area contributed by atoms with E-state index in [9.17, 15) is 8.42 Å². The smallest absolute Gasteiger partial charge is 0 e. The Labute approximate surface area is 67.5 Å². The van der Waals surface area contributed by atoms with Crippen LogP contribution in [0.3, 0.4) is 0 Å². The van der Waals surface area contributed by atoms with Crippen LogP contribution in [-0.2, 0) is 44.4 Å². The van der Waals surface area contributed by atoms with Gasteiger partial charge in [-0.25, -0.2) is 0 Å². The van der Waals surface area contributed by atoms with E-state index in [1.807, 2.05) is 0 Å².